The minimum atomic E-state index is -0.385. The van der Waals surface area contributed by atoms with Gasteiger partial charge in [-0.2, -0.15) is 0 Å². The van der Waals surface area contributed by atoms with Crippen LogP contribution >= 0.6 is 0 Å². The average Bonchev–Trinajstić information content (AvgIpc) is 2.58. The molecule has 0 unspecified atom stereocenters. The lowest BCUT2D eigenvalue weighted by molar-refractivity contribution is 0.171. The molecule has 1 amide bonds. The molecule has 1 aromatic carbocycles. The number of piperidine rings is 1. The molecule has 2 rings (SSSR count). The Kier molecular flexibility index (Phi) is 7.33. The van der Waals surface area contributed by atoms with Crippen LogP contribution in [-0.4, -0.2) is 56.2 Å². The number of ether oxygens (including phenoxy) is 2. The van der Waals surface area contributed by atoms with E-state index in [-0.39, 0.29) is 11.5 Å². The van der Waals surface area contributed by atoms with E-state index in [2.05, 4.69) is 25.7 Å². The Morgan fingerprint density at radius 2 is 1.85 bits per heavy atom. The van der Waals surface area contributed by atoms with Gasteiger partial charge in [0, 0.05) is 26.7 Å². The van der Waals surface area contributed by atoms with Crippen molar-refractivity contribution < 1.29 is 14.3 Å². The van der Waals surface area contributed by atoms with Gasteiger partial charge in [-0.1, -0.05) is 33.3 Å². The van der Waals surface area contributed by atoms with Gasteiger partial charge in [0.2, 0.25) is 0 Å². The van der Waals surface area contributed by atoms with E-state index < -0.39 is 0 Å². The molecule has 0 N–H and O–H groups in total. The van der Waals surface area contributed by atoms with Gasteiger partial charge in [0.15, 0.2) is 0 Å². The molecule has 1 heterocycles. The first-order valence-electron chi connectivity index (χ1n) is 9.66. The van der Waals surface area contributed by atoms with Crippen molar-refractivity contribution in [2.24, 2.45) is 0 Å². The van der Waals surface area contributed by atoms with Crippen molar-refractivity contribution in [2.45, 2.75) is 51.9 Å². The minimum Gasteiger partial charge on any atom is -0.493 e. The number of likely N-dealkylation sites (tertiary alicyclic amines) is 1. The highest BCUT2D eigenvalue weighted by Crippen LogP contribution is 2.34. The predicted octanol–water partition coefficient (Wildman–Crippen LogP) is 4.30. The normalized spacial score (nSPS) is 15.6. The molecule has 1 aliphatic heterocycles. The number of nitrogens with zero attached hydrogens (tertiary/aromatic N) is 2. The molecule has 0 saturated carbocycles. The van der Waals surface area contributed by atoms with Crippen LogP contribution in [0.1, 0.15) is 52.0 Å². The summed E-state index contributed by atoms with van der Waals surface area (Å²) in [5.41, 5.74) is 1.09. The lowest BCUT2D eigenvalue weighted by atomic mass is 9.86. The van der Waals surface area contributed by atoms with Crippen LogP contribution in [0.15, 0.2) is 18.2 Å². The number of carbonyl (C=O) groups is 1. The van der Waals surface area contributed by atoms with E-state index in [1.54, 1.807) is 14.1 Å². The second-order valence-electron chi connectivity index (χ2n) is 8.27. The summed E-state index contributed by atoms with van der Waals surface area (Å²) >= 11 is 0. The molecule has 0 spiro atoms. The molecule has 146 valence electrons. The van der Waals surface area contributed by atoms with Crippen LogP contribution in [-0.2, 0) is 5.41 Å². The molecule has 0 aromatic heterocycles. The first-order chi connectivity index (χ1) is 12.3. The van der Waals surface area contributed by atoms with Crippen molar-refractivity contribution in [3.63, 3.8) is 0 Å². The highest BCUT2D eigenvalue weighted by Gasteiger charge is 2.20. The van der Waals surface area contributed by atoms with E-state index in [0.717, 1.165) is 24.3 Å². The summed E-state index contributed by atoms with van der Waals surface area (Å²) < 4.78 is 11.5. The second kappa shape index (κ2) is 9.26. The molecule has 1 aliphatic rings. The standard InChI is InChI=1S/C21H34N2O3/c1-21(2,3)18-11-10-17(26-20(24)22(4)5)16-19(18)25-15-9-14-23-12-7-6-8-13-23/h10-11,16H,6-9,12-15H2,1-5H3. The molecule has 5 nitrogen and oxygen atoms in total. The Labute approximate surface area is 158 Å². The molecule has 1 saturated heterocycles. The van der Waals surface area contributed by atoms with E-state index >= 15 is 0 Å². The Morgan fingerprint density at radius 1 is 1.15 bits per heavy atom. The number of hydrogen-bond donors (Lipinski definition) is 0. The predicted molar refractivity (Wildman–Crippen MR) is 105 cm³/mol. The largest absolute Gasteiger partial charge is 0.493 e. The van der Waals surface area contributed by atoms with Gasteiger partial charge < -0.3 is 19.3 Å². The topological polar surface area (TPSA) is 42.0 Å². The summed E-state index contributed by atoms with van der Waals surface area (Å²) in [6, 6.07) is 5.67. The van der Waals surface area contributed by atoms with E-state index in [4.69, 9.17) is 9.47 Å². The van der Waals surface area contributed by atoms with Crippen LogP contribution in [0.2, 0.25) is 0 Å². The SMILES string of the molecule is CN(C)C(=O)Oc1ccc(C(C)(C)C)c(OCCCN2CCCCC2)c1. The lowest BCUT2D eigenvalue weighted by Gasteiger charge is -2.27. The van der Waals surface area contributed by atoms with Crippen molar-refractivity contribution in [1.29, 1.82) is 0 Å². The van der Waals surface area contributed by atoms with Gasteiger partial charge in [0.05, 0.1) is 6.61 Å². The molecule has 26 heavy (non-hydrogen) atoms. The maximum Gasteiger partial charge on any atom is 0.414 e. The lowest BCUT2D eigenvalue weighted by Crippen LogP contribution is -2.31. The molecule has 0 radical (unpaired) electrons. The zero-order valence-corrected chi connectivity index (χ0v) is 17.0. The number of benzene rings is 1. The fraction of sp³-hybridized carbons (Fsp3) is 0.667. The fourth-order valence-corrected chi connectivity index (χ4v) is 3.15. The van der Waals surface area contributed by atoms with Gasteiger partial charge in [-0.25, -0.2) is 4.79 Å². The average molecular weight is 363 g/mol. The molecule has 0 atom stereocenters. The number of carbonyl (C=O) groups excluding carboxylic acids is 1. The highest BCUT2D eigenvalue weighted by molar-refractivity contribution is 5.70. The number of hydrogen-bond acceptors (Lipinski definition) is 4. The third kappa shape index (κ3) is 6.20. The Morgan fingerprint density at radius 3 is 2.46 bits per heavy atom. The summed E-state index contributed by atoms with van der Waals surface area (Å²) in [5.74, 6) is 1.32. The fourth-order valence-electron chi connectivity index (χ4n) is 3.15. The third-order valence-corrected chi connectivity index (χ3v) is 4.66. The molecule has 1 fully saturated rings. The van der Waals surface area contributed by atoms with Crippen molar-refractivity contribution in [3.8, 4) is 11.5 Å². The van der Waals surface area contributed by atoms with Gasteiger partial charge in [0.25, 0.3) is 0 Å². The maximum absolute atomic E-state index is 11.8. The molecule has 0 bridgehead atoms. The summed E-state index contributed by atoms with van der Waals surface area (Å²) in [4.78, 5) is 15.7. The van der Waals surface area contributed by atoms with Crippen LogP contribution in [0, 0.1) is 0 Å². The molecule has 0 aliphatic carbocycles. The molecule has 1 aromatic rings. The quantitative estimate of drug-likeness (QED) is 0.708. The number of rotatable bonds is 6. The Bertz CT molecular complexity index is 587. The molecular weight excluding hydrogens is 328 g/mol. The van der Waals surface area contributed by atoms with Crippen molar-refractivity contribution in [1.82, 2.24) is 9.80 Å². The second-order valence-corrected chi connectivity index (χ2v) is 8.27. The minimum absolute atomic E-state index is 0.0354. The van der Waals surface area contributed by atoms with Gasteiger partial charge in [0.1, 0.15) is 11.5 Å². The van der Waals surface area contributed by atoms with Gasteiger partial charge >= 0.3 is 6.09 Å². The van der Waals surface area contributed by atoms with Crippen LogP contribution in [0.25, 0.3) is 0 Å². The molecule has 5 heteroatoms. The monoisotopic (exact) mass is 362 g/mol. The van der Waals surface area contributed by atoms with Crippen LogP contribution in [0.5, 0.6) is 11.5 Å². The number of amides is 1. The maximum atomic E-state index is 11.8. The van der Waals surface area contributed by atoms with Crippen LogP contribution in [0.3, 0.4) is 0 Å². The van der Waals surface area contributed by atoms with Crippen LogP contribution in [0.4, 0.5) is 4.79 Å². The van der Waals surface area contributed by atoms with E-state index in [1.807, 2.05) is 18.2 Å². The van der Waals surface area contributed by atoms with Crippen molar-refractivity contribution in [2.75, 3.05) is 40.3 Å². The first kappa shape index (κ1) is 20.6. The van der Waals surface area contributed by atoms with Gasteiger partial charge in [-0.3, -0.25) is 0 Å². The smallest absolute Gasteiger partial charge is 0.414 e. The summed E-state index contributed by atoms with van der Waals surface area (Å²) in [7, 11) is 3.34. The van der Waals surface area contributed by atoms with Crippen LogP contribution < -0.4 is 9.47 Å². The zero-order valence-electron chi connectivity index (χ0n) is 17.0. The van der Waals surface area contributed by atoms with E-state index in [1.165, 1.54) is 37.3 Å². The van der Waals surface area contributed by atoms with Crippen molar-refractivity contribution >= 4 is 6.09 Å². The summed E-state index contributed by atoms with van der Waals surface area (Å²) in [5, 5.41) is 0. The summed E-state index contributed by atoms with van der Waals surface area (Å²) in [6.45, 7) is 10.7. The zero-order chi connectivity index (χ0) is 19.2. The van der Waals surface area contributed by atoms with E-state index in [0.29, 0.717) is 12.4 Å². The van der Waals surface area contributed by atoms with E-state index in [9.17, 15) is 4.79 Å². The van der Waals surface area contributed by atoms with Crippen molar-refractivity contribution in [3.05, 3.63) is 23.8 Å². The summed E-state index contributed by atoms with van der Waals surface area (Å²) in [6.07, 6.45) is 4.61. The Hall–Kier alpha value is -1.75. The van der Waals surface area contributed by atoms with Gasteiger partial charge in [-0.05, 0) is 49.4 Å². The third-order valence-electron chi connectivity index (χ3n) is 4.66. The Balaban J connectivity index is 1.99. The highest BCUT2D eigenvalue weighted by atomic mass is 16.6. The molecular formula is C21H34N2O3. The van der Waals surface area contributed by atoms with Gasteiger partial charge in [-0.15, -0.1) is 0 Å². The first-order valence-corrected chi connectivity index (χ1v) is 9.66.